The number of carbonyl (C=O) groups is 2. The highest BCUT2D eigenvalue weighted by molar-refractivity contribution is 6.33. The van der Waals surface area contributed by atoms with Crippen LogP contribution in [-0.4, -0.2) is 23.9 Å². The first-order chi connectivity index (χ1) is 9.99. The third-order valence-corrected chi connectivity index (χ3v) is 2.99. The van der Waals surface area contributed by atoms with Crippen molar-refractivity contribution in [3.63, 3.8) is 0 Å². The first kappa shape index (κ1) is 15.3. The molecule has 1 aromatic carbocycles. The highest BCUT2D eigenvalue weighted by Gasteiger charge is 2.14. The van der Waals surface area contributed by atoms with Crippen molar-refractivity contribution in [3.8, 4) is 5.75 Å². The van der Waals surface area contributed by atoms with Crippen LogP contribution in [0.1, 0.15) is 20.7 Å². The molecule has 1 N–H and O–H groups in total. The highest BCUT2D eigenvalue weighted by Crippen LogP contribution is 2.15. The van der Waals surface area contributed by atoms with E-state index in [0.717, 1.165) is 0 Å². The quantitative estimate of drug-likeness (QED) is 0.696. The lowest BCUT2D eigenvalue weighted by Crippen LogP contribution is -2.30. The molecule has 1 heterocycles. The molecule has 2 rings (SSSR count). The van der Waals surface area contributed by atoms with E-state index in [0.29, 0.717) is 11.3 Å². The topological polar surface area (TPSA) is 68.3 Å². The van der Waals surface area contributed by atoms with Crippen molar-refractivity contribution in [3.05, 3.63) is 57.8 Å². The molecule has 0 aliphatic heterocycles. The van der Waals surface area contributed by atoms with Crippen LogP contribution in [0.15, 0.2) is 36.4 Å². The third kappa shape index (κ3) is 3.93. The fraction of sp³-hybridized carbons (Fsp3) is 0.0714. The molecule has 7 heteroatoms. The summed E-state index contributed by atoms with van der Waals surface area (Å²) in [6, 6.07) is 9.00. The molecule has 108 valence electrons. The van der Waals surface area contributed by atoms with Gasteiger partial charge in [0.05, 0.1) is 7.11 Å². The van der Waals surface area contributed by atoms with Gasteiger partial charge in [-0.05, 0) is 36.4 Å². The number of amides is 2. The van der Waals surface area contributed by atoms with Crippen LogP contribution in [0.4, 0.5) is 0 Å². The minimum absolute atomic E-state index is 0.0737. The number of methoxy groups -OCH3 is 1. The maximum absolute atomic E-state index is 12.0. The summed E-state index contributed by atoms with van der Waals surface area (Å²) in [6.45, 7) is 0. The fourth-order valence-corrected chi connectivity index (χ4v) is 2.05. The lowest BCUT2D eigenvalue weighted by Gasteiger charge is -2.06. The molecule has 0 saturated carbocycles. The lowest BCUT2D eigenvalue weighted by atomic mass is 10.2. The number of halogens is 2. The van der Waals surface area contributed by atoms with Crippen molar-refractivity contribution >= 4 is 35.0 Å². The molecular formula is C14H10Cl2N2O3. The Morgan fingerprint density at radius 2 is 1.52 bits per heavy atom. The van der Waals surface area contributed by atoms with Gasteiger partial charge >= 0.3 is 0 Å². The van der Waals surface area contributed by atoms with Gasteiger partial charge in [0.15, 0.2) is 0 Å². The van der Waals surface area contributed by atoms with Crippen LogP contribution >= 0.6 is 23.2 Å². The van der Waals surface area contributed by atoms with Crippen LogP contribution in [-0.2, 0) is 0 Å². The van der Waals surface area contributed by atoms with Gasteiger partial charge < -0.3 is 4.74 Å². The number of hydrogen-bond acceptors (Lipinski definition) is 4. The van der Waals surface area contributed by atoms with Crippen molar-refractivity contribution in [1.29, 1.82) is 0 Å². The first-order valence-electron chi connectivity index (χ1n) is 5.82. The number of hydrogen-bond donors (Lipinski definition) is 1. The van der Waals surface area contributed by atoms with E-state index in [1.807, 2.05) is 0 Å². The predicted octanol–water partition coefficient (Wildman–Crippen LogP) is 2.97. The standard InChI is InChI=1S/C14H10Cl2N2O3/c1-21-10-4-2-8(3-5-10)13(19)18-14(20)9-6-11(15)17-12(16)7-9/h2-7H,1H3,(H,18,19,20). The zero-order valence-corrected chi connectivity index (χ0v) is 12.4. The minimum atomic E-state index is -0.609. The number of aromatic nitrogens is 1. The van der Waals surface area contributed by atoms with Crippen LogP contribution in [0.25, 0.3) is 0 Å². The monoisotopic (exact) mass is 324 g/mol. The summed E-state index contributed by atoms with van der Waals surface area (Å²) < 4.78 is 4.99. The Morgan fingerprint density at radius 3 is 2.05 bits per heavy atom. The zero-order valence-electron chi connectivity index (χ0n) is 10.9. The third-order valence-electron chi connectivity index (χ3n) is 2.60. The van der Waals surface area contributed by atoms with Crippen molar-refractivity contribution in [1.82, 2.24) is 10.3 Å². The number of rotatable bonds is 3. The number of carbonyl (C=O) groups excluding carboxylic acids is 2. The lowest BCUT2D eigenvalue weighted by molar-refractivity contribution is 0.0849. The van der Waals surface area contributed by atoms with Gasteiger partial charge in [-0.3, -0.25) is 14.9 Å². The molecule has 1 aromatic heterocycles. The summed E-state index contributed by atoms with van der Waals surface area (Å²) in [7, 11) is 1.52. The second-order valence-electron chi connectivity index (χ2n) is 4.01. The van der Waals surface area contributed by atoms with E-state index < -0.39 is 11.8 Å². The number of benzene rings is 1. The van der Waals surface area contributed by atoms with Crippen LogP contribution < -0.4 is 10.1 Å². The van der Waals surface area contributed by atoms with Crippen LogP contribution in [0.2, 0.25) is 10.3 Å². The number of pyridine rings is 1. The second kappa shape index (κ2) is 6.56. The summed E-state index contributed by atoms with van der Waals surface area (Å²) in [5.74, 6) is -0.528. The van der Waals surface area contributed by atoms with Gasteiger partial charge in [0.2, 0.25) is 0 Å². The van der Waals surface area contributed by atoms with E-state index in [4.69, 9.17) is 27.9 Å². The van der Waals surface area contributed by atoms with Crippen LogP contribution in [0.3, 0.4) is 0 Å². The molecule has 2 amide bonds. The summed E-state index contributed by atoms with van der Waals surface area (Å²) in [5.41, 5.74) is 0.484. The van der Waals surface area contributed by atoms with Gasteiger partial charge in [0, 0.05) is 11.1 Å². The number of imide groups is 1. The second-order valence-corrected chi connectivity index (χ2v) is 4.79. The van der Waals surface area contributed by atoms with E-state index >= 15 is 0 Å². The highest BCUT2D eigenvalue weighted by atomic mass is 35.5. The van der Waals surface area contributed by atoms with E-state index in [1.54, 1.807) is 24.3 Å². The van der Waals surface area contributed by atoms with Gasteiger partial charge in [0.25, 0.3) is 11.8 Å². The van der Waals surface area contributed by atoms with Crippen molar-refractivity contribution in [2.24, 2.45) is 0 Å². The molecule has 0 spiro atoms. The maximum atomic E-state index is 12.0. The molecule has 0 fully saturated rings. The average molecular weight is 325 g/mol. The largest absolute Gasteiger partial charge is 0.497 e. The SMILES string of the molecule is COc1ccc(C(=O)NC(=O)c2cc(Cl)nc(Cl)c2)cc1. The van der Waals surface area contributed by atoms with E-state index in [9.17, 15) is 9.59 Å². The zero-order chi connectivity index (χ0) is 15.4. The summed E-state index contributed by atoms with van der Waals surface area (Å²) in [5, 5.41) is 2.39. The number of nitrogens with zero attached hydrogens (tertiary/aromatic N) is 1. The molecule has 0 aliphatic rings. The fourth-order valence-electron chi connectivity index (χ4n) is 1.59. The van der Waals surface area contributed by atoms with Crippen LogP contribution in [0, 0.1) is 0 Å². The Morgan fingerprint density at radius 1 is 1.00 bits per heavy atom. The Hall–Kier alpha value is -2.11. The molecule has 5 nitrogen and oxygen atoms in total. The van der Waals surface area contributed by atoms with Gasteiger partial charge in [0.1, 0.15) is 16.1 Å². The van der Waals surface area contributed by atoms with Crippen molar-refractivity contribution in [2.75, 3.05) is 7.11 Å². The Labute approximate surface area is 130 Å². The summed E-state index contributed by atoms with van der Waals surface area (Å²) in [4.78, 5) is 27.6. The first-order valence-corrected chi connectivity index (χ1v) is 6.58. The van der Waals surface area contributed by atoms with Gasteiger partial charge in [-0.15, -0.1) is 0 Å². The molecule has 2 aromatic rings. The molecule has 0 unspecified atom stereocenters. The van der Waals surface area contributed by atoms with E-state index in [1.165, 1.54) is 19.2 Å². The Balaban J connectivity index is 2.12. The molecule has 0 atom stereocenters. The van der Waals surface area contributed by atoms with E-state index in [2.05, 4.69) is 10.3 Å². The number of ether oxygens (including phenoxy) is 1. The molecule has 0 radical (unpaired) electrons. The molecule has 0 saturated heterocycles. The Bertz CT molecular complexity index is 667. The van der Waals surface area contributed by atoms with Gasteiger partial charge in [-0.1, -0.05) is 23.2 Å². The van der Waals surface area contributed by atoms with Gasteiger partial charge in [-0.25, -0.2) is 4.98 Å². The van der Waals surface area contributed by atoms with Crippen molar-refractivity contribution in [2.45, 2.75) is 0 Å². The van der Waals surface area contributed by atoms with Gasteiger partial charge in [-0.2, -0.15) is 0 Å². The smallest absolute Gasteiger partial charge is 0.258 e. The number of nitrogens with one attached hydrogen (secondary N) is 1. The summed E-state index contributed by atoms with van der Waals surface area (Å²) in [6.07, 6.45) is 0. The normalized spacial score (nSPS) is 10.0. The summed E-state index contributed by atoms with van der Waals surface area (Å²) >= 11 is 11.4. The van der Waals surface area contributed by atoms with Crippen molar-refractivity contribution < 1.29 is 14.3 Å². The molecule has 0 aliphatic carbocycles. The predicted molar refractivity (Wildman–Crippen MR) is 79.0 cm³/mol. The molecule has 0 bridgehead atoms. The maximum Gasteiger partial charge on any atom is 0.258 e. The molecular weight excluding hydrogens is 315 g/mol. The van der Waals surface area contributed by atoms with E-state index in [-0.39, 0.29) is 15.9 Å². The Kier molecular flexibility index (Phi) is 4.77. The minimum Gasteiger partial charge on any atom is -0.497 e. The average Bonchev–Trinajstić information content (AvgIpc) is 2.46. The van der Waals surface area contributed by atoms with Crippen LogP contribution in [0.5, 0.6) is 5.75 Å². The molecule has 21 heavy (non-hydrogen) atoms.